The molecule has 0 aliphatic rings. The lowest BCUT2D eigenvalue weighted by molar-refractivity contribution is 0.0949. The molecule has 3 rings (SSSR count). The topological polar surface area (TPSA) is 59.8 Å². The molecule has 1 N–H and O–H groups in total. The number of benzene rings is 1. The Kier molecular flexibility index (Phi) is 6.58. The van der Waals surface area contributed by atoms with Gasteiger partial charge in [0.25, 0.3) is 5.91 Å². The highest BCUT2D eigenvalue weighted by atomic mass is 16.1. The van der Waals surface area contributed by atoms with Crippen LogP contribution in [0.3, 0.4) is 0 Å². The number of rotatable bonds is 8. The minimum absolute atomic E-state index is 0.0523. The van der Waals surface area contributed by atoms with Crippen molar-refractivity contribution in [1.82, 2.24) is 20.1 Å². The van der Waals surface area contributed by atoms with E-state index < -0.39 is 0 Å². The van der Waals surface area contributed by atoms with Crippen molar-refractivity contribution in [3.63, 3.8) is 0 Å². The average Bonchev–Trinajstić information content (AvgIpc) is 3.06. The minimum atomic E-state index is -0.0523. The van der Waals surface area contributed by atoms with E-state index in [2.05, 4.69) is 43.2 Å². The maximum Gasteiger partial charge on any atom is 0.255 e. The van der Waals surface area contributed by atoms with Gasteiger partial charge in [-0.1, -0.05) is 44.9 Å². The summed E-state index contributed by atoms with van der Waals surface area (Å²) in [5.41, 5.74) is 5.82. The van der Waals surface area contributed by atoms with E-state index in [1.165, 1.54) is 0 Å². The molecule has 1 aromatic carbocycles. The number of aromatic nitrogens is 3. The summed E-state index contributed by atoms with van der Waals surface area (Å²) in [7, 11) is 0. The van der Waals surface area contributed by atoms with E-state index in [-0.39, 0.29) is 5.91 Å². The van der Waals surface area contributed by atoms with Crippen LogP contribution in [0.15, 0.2) is 48.8 Å². The van der Waals surface area contributed by atoms with Gasteiger partial charge in [0, 0.05) is 18.9 Å². The summed E-state index contributed by atoms with van der Waals surface area (Å²) in [5, 5.41) is 7.94. The third-order valence-corrected chi connectivity index (χ3v) is 4.80. The Labute approximate surface area is 166 Å². The van der Waals surface area contributed by atoms with Crippen molar-refractivity contribution in [3.8, 4) is 5.69 Å². The molecule has 5 nitrogen and oxygen atoms in total. The van der Waals surface area contributed by atoms with Crippen LogP contribution in [0, 0.1) is 6.92 Å². The van der Waals surface area contributed by atoms with Gasteiger partial charge in [-0.2, -0.15) is 5.10 Å². The molecule has 0 aliphatic carbocycles. The molecular formula is C23H28N4O. The first-order valence-electron chi connectivity index (χ1n) is 9.99. The van der Waals surface area contributed by atoms with Crippen LogP contribution in [-0.4, -0.2) is 20.7 Å². The third kappa shape index (κ3) is 4.30. The van der Waals surface area contributed by atoms with Crippen molar-refractivity contribution in [3.05, 3.63) is 76.9 Å². The van der Waals surface area contributed by atoms with E-state index in [0.29, 0.717) is 6.54 Å². The number of nitrogens with one attached hydrogen (secondary N) is 1. The zero-order valence-corrected chi connectivity index (χ0v) is 16.9. The summed E-state index contributed by atoms with van der Waals surface area (Å²) in [6.45, 7) is 6.81. The molecule has 1 amide bonds. The zero-order chi connectivity index (χ0) is 19.9. The summed E-state index contributed by atoms with van der Waals surface area (Å²) in [4.78, 5) is 17.2. The van der Waals surface area contributed by atoms with Crippen LogP contribution in [0.2, 0.25) is 0 Å². The zero-order valence-electron chi connectivity index (χ0n) is 16.9. The van der Waals surface area contributed by atoms with Crippen LogP contribution in [0.25, 0.3) is 5.69 Å². The molecule has 2 heterocycles. The normalized spacial score (nSPS) is 10.8. The number of hydrogen-bond donors (Lipinski definition) is 1. The van der Waals surface area contributed by atoms with Crippen LogP contribution in [0.4, 0.5) is 0 Å². The second-order valence-corrected chi connectivity index (χ2v) is 7.00. The average molecular weight is 377 g/mol. The minimum Gasteiger partial charge on any atom is -0.348 e. The Bertz CT molecular complexity index is 931. The summed E-state index contributed by atoms with van der Waals surface area (Å²) in [5.74, 6) is -0.0523. The van der Waals surface area contributed by atoms with E-state index in [1.54, 1.807) is 12.4 Å². The number of para-hydroxylation sites is 1. The van der Waals surface area contributed by atoms with E-state index in [9.17, 15) is 4.79 Å². The lowest BCUT2D eigenvalue weighted by atomic mass is 10.0. The molecule has 146 valence electrons. The fourth-order valence-electron chi connectivity index (χ4n) is 3.42. The van der Waals surface area contributed by atoms with Crippen molar-refractivity contribution in [2.24, 2.45) is 0 Å². The number of amides is 1. The summed E-state index contributed by atoms with van der Waals surface area (Å²) >= 11 is 0. The van der Waals surface area contributed by atoms with Gasteiger partial charge in [-0.05, 0) is 49.1 Å². The predicted octanol–water partition coefficient (Wildman–Crippen LogP) is 4.41. The van der Waals surface area contributed by atoms with Crippen LogP contribution in [-0.2, 0) is 19.4 Å². The molecule has 2 aromatic heterocycles. The first kappa shape index (κ1) is 19.8. The maximum absolute atomic E-state index is 13.2. The maximum atomic E-state index is 13.2. The molecular weight excluding hydrogens is 348 g/mol. The van der Waals surface area contributed by atoms with Crippen molar-refractivity contribution in [1.29, 1.82) is 0 Å². The van der Waals surface area contributed by atoms with Gasteiger partial charge in [-0.25, -0.2) is 4.68 Å². The highest BCUT2D eigenvalue weighted by Gasteiger charge is 2.24. The van der Waals surface area contributed by atoms with Crippen LogP contribution < -0.4 is 5.32 Å². The van der Waals surface area contributed by atoms with Gasteiger partial charge in [0.2, 0.25) is 0 Å². The lowest BCUT2D eigenvalue weighted by Gasteiger charge is -2.11. The molecule has 0 radical (unpaired) electrons. The smallest absolute Gasteiger partial charge is 0.255 e. The number of carbonyl (C=O) groups excluding carboxylic acids is 1. The van der Waals surface area contributed by atoms with Gasteiger partial charge < -0.3 is 5.32 Å². The number of hydrogen-bond acceptors (Lipinski definition) is 3. The predicted molar refractivity (Wildman–Crippen MR) is 112 cm³/mol. The molecule has 28 heavy (non-hydrogen) atoms. The van der Waals surface area contributed by atoms with Gasteiger partial charge in [0.15, 0.2) is 0 Å². The number of pyridine rings is 1. The fraction of sp³-hybridized carbons (Fsp3) is 0.348. The molecule has 0 saturated carbocycles. The standard InChI is InChI=1S/C23H28N4O/c1-4-8-19-22(23(28)25-16-18-12-14-24-15-13-18)21(9-5-2)27(26-19)20-11-7-6-10-17(20)3/h6-7,10-15H,4-5,8-9,16H2,1-3H3,(H,25,28). The van der Waals surface area contributed by atoms with Gasteiger partial charge in [-0.3, -0.25) is 9.78 Å². The van der Waals surface area contributed by atoms with Crippen LogP contribution >= 0.6 is 0 Å². The summed E-state index contributed by atoms with van der Waals surface area (Å²) in [6.07, 6.45) is 6.97. The van der Waals surface area contributed by atoms with Crippen LogP contribution in [0.5, 0.6) is 0 Å². The monoisotopic (exact) mass is 376 g/mol. The fourth-order valence-corrected chi connectivity index (χ4v) is 3.42. The third-order valence-electron chi connectivity index (χ3n) is 4.80. The molecule has 0 unspecified atom stereocenters. The Morgan fingerprint density at radius 2 is 1.75 bits per heavy atom. The molecule has 0 spiro atoms. The number of aryl methyl sites for hydroxylation is 2. The quantitative estimate of drug-likeness (QED) is 0.633. The molecule has 0 aliphatic heterocycles. The van der Waals surface area contributed by atoms with Gasteiger partial charge >= 0.3 is 0 Å². The Morgan fingerprint density at radius 3 is 2.43 bits per heavy atom. The van der Waals surface area contributed by atoms with Crippen LogP contribution in [0.1, 0.15) is 59.6 Å². The van der Waals surface area contributed by atoms with Crippen molar-refractivity contribution < 1.29 is 4.79 Å². The first-order chi connectivity index (χ1) is 13.7. The molecule has 0 saturated heterocycles. The second-order valence-electron chi connectivity index (χ2n) is 7.00. The van der Waals surface area contributed by atoms with Crippen molar-refractivity contribution in [2.75, 3.05) is 0 Å². The highest BCUT2D eigenvalue weighted by Crippen LogP contribution is 2.24. The van der Waals surface area contributed by atoms with E-state index in [4.69, 9.17) is 5.10 Å². The van der Waals surface area contributed by atoms with Crippen molar-refractivity contribution in [2.45, 2.75) is 53.0 Å². The number of nitrogens with zero attached hydrogens (tertiary/aromatic N) is 3. The Balaban J connectivity index is 2.00. The van der Waals surface area contributed by atoms with Gasteiger partial charge in [0.1, 0.15) is 0 Å². The Morgan fingerprint density at radius 1 is 1.04 bits per heavy atom. The van der Waals surface area contributed by atoms with E-state index in [1.807, 2.05) is 28.9 Å². The second kappa shape index (κ2) is 9.31. The molecule has 0 fully saturated rings. The highest BCUT2D eigenvalue weighted by molar-refractivity contribution is 5.96. The van der Waals surface area contributed by atoms with E-state index in [0.717, 1.165) is 59.4 Å². The first-order valence-corrected chi connectivity index (χ1v) is 9.99. The summed E-state index contributed by atoms with van der Waals surface area (Å²) in [6, 6.07) is 12.0. The van der Waals surface area contributed by atoms with Gasteiger partial charge in [0.05, 0.1) is 22.6 Å². The van der Waals surface area contributed by atoms with Gasteiger partial charge in [-0.15, -0.1) is 0 Å². The van der Waals surface area contributed by atoms with Crippen molar-refractivity contribution >= 4 is 5.91 Å². The number of carbonyl (C=O) groups is 1. The molecule has 0 bridgehead atoms. The lowest BCUT2D eigenvalue weighted by Crippen LogP contribution is -2.25. The largest absolute Gasteiger partial charge is 0.348 e. The van der Waals surface area contributed by atoms with E-state index >= 15 is 0 Å². The summed E-state index contributed by atoms with van der Waals surface area (Å²) < 4.78 is 1.98. The molecule has 0 atom stereocenters. The SMILES string of the molecule is CCCc1nn(-c2ccccc2C)c(CCC)c1C(=O)NCc1ccncc1. The molecule has 3 aromatic rings. The Hall–Kier alpha value is -2.95. The molecule has 5 heteroatoms.